The summed E-state index contributed by atoms with van der Waals surface area (Å²) in [7, 11) is 0. The molecule has 2 aromatic rings. The normalized spacial score (nSPS) is 32.4. The number of likely N-dealkylation sites (tertiary alicyclic amines) is 1. The number of benzene rings is 1. The smallest absolute Gasteiger partial charge is 0.326 e. The minimum absolute atomic E-state index is 0.00202. The SMILES string of the molecule is CCOC(=O)CN1C(=O)C2C3CC(C2C1=O)C1C(c2ccc(C(C)(C)C)cc2)c2sc(=O)[nH]c2SC31. The van der Waals surface area contributed by atoms with Crippen molar-refractivity contribution in [3.63, 3.8) is 0 Å². The third-order valence-corrected chi connectivity index (χ3v) is 11.1. The van der Waals surface area contributed by atoms with Crippen LogP contribution >= 0.6 is 23.1 Å². The molecule has 1 N–H and O–H groups in total. The van der Waals surface area contributed by atoms with E-state index < -0.39 is 11.9 Å². The van der Waals surface area contributed by atoms with E-state index in [9.17, 15) is 19.2 Å². The molecule has 6 rings (SSSR count). The number of imide groups is 1. The van der Waals surface area contributed by atoms with Crippen LogP contribution in [0, 0.1) is 29.6 Å². The van der Waals surface area contributed by atoms with Gasteiger partial charge in [-0.05, 0) is 47.6 Å². The van der Waals surface area contributed by atoms with Gasteiger partial charge in [-0.15, -0.1) is 11.8 Å². The minimum Gasteiger partial charge on any atom is -0.465 e. The van der Waals surface area contributed by atoms with E-state index in [4.69, 9.17) is 4.74 Å². The fourth-order valence-corrected chi connectivity index (χ4v) is 10.0. The molecule has 9 heteroatoms. The lowest BCUT2D eigenvalue weighted by molar-refractivity contribution is -0.153. The number of fused-ring (bicyclic) bond motifs is 9. The monoisotopic (exact) mass is 526 g/mol. The van der Waals surface area contributed by atoms with Crippen LogP contribution < -0.4 is 4.87 Å². The second-order valence-corrected chi connectivity index (χ2v) is 13.6. The second kappa shape index (κ2) is 8.31. The Morgan fingerprint density at radius 2 is 1.75 bits per heavy atom. The van der Waals surface area contributed by atoms with E-state index in [0.29, 0.717) is 0 Å². The Hall–Kier alpha value is -2.39. The molecule has 1 aromatic carbocycles. The molecular formula is C27H30N2O5S2. The maximum atomic E-state index is 13.5. The first kappa shape index (κ1) is 24.0. The first-order chi connectivity index (χ1) is 17.1. The molecule has 0 radical (unpaired) electrons. The number of rotatable bonds is 4. The zero-order valence-corrected chi connectivity index (χ0v) is 22.4. The number of thiazole rings is 1. The van der Waals surface area contributed by atoms with E-state index in [1.807, 2.05) is 0 Å². The van der Waals surface area contributed by atoms with Crippen LogP contribution in [-0.2, 0) is 24.5 Å². The molecule has 2 bridgehead atoms. The minimum atomic E-state index is -0.546. The number of nitrogens with one attached hydrogen (secondary N) is 1. The Bertz CT molecular complexity index is 1310. The molecule has 4 aliphatic rings. The molecule has 2 aliphatic carbocycles. The summed E-state index contributed by atoms with van der Waals surface area (Å²) in [5, 5.41) is 1.04. The molecule has 7 atom stereocenters. The van der Waals surface area contributed by atoms with Gasteiger partial charge in [0.2, 0.25) is 11.8 Å². The highest BCUT2D eigenvalue weighted by Gasteiger charge is 2.69. The maximum absolute atomic E-state index is 13.5. The maximum Gasteiger partial charge on any atom is 0.326 e. The number of aromatic amines is 1. The summed E-state index contributed by atoms with van der Waals surface area (Å²) in [6.07, 6.45) is 0.831. The Balaban J connectivity index is 1.38. The van der Waals surface area contributed by atoms with E-state index in [-0.39, 0.29) is 70.1 Å². The summed E-state index contributed by atoms with van der Waals surface area (Å²) in [6.45, 7) is 8.17. The number of thioether (sulfide) groups is 1. The van der Waals surface area contributed by atoms with Crippen LogP contribution in [0.5, 0.6) is 0 Å². The molecule has 7 unspecified atom stereocenters. The van der Waals surface area contributed by atoms with Crippen LogP contribution in [0.3, 0.4) is 0 Å². The molecule has 2 saturated carbocycles. The van der Waals surface area contributed by atoms with Gasteiger partial charge in [0.25, 0.3) is 0 Å². The number of amides is 2. The number of H-pyrrole nitrogens is 1. The van der Waals surface area contributed by atoms with Crippen molar-refractivity contribution in [2.24, 2.45) is 29.6 Å². The fourth-order valence-electron chi connectivity index (χ4n) is 7.13. The summed E-state index contributed by atoms with van der Waals surface area (Å²) < 4.78 is 5.02. The molecule has 0 spiro atoms. The van der Waals surface area contributed by atoms with Gasteiger partial charge in [-0.2, -0.15) is 0 Å². The van der Waals surface area contributed by atoms with E-state index in [1.165, 1.54) is 16.9 Å². The van der Waals surface area contributed by atoms with Crippen LogP contribution in [0.1, 0.15) is 56.0 Å². The lowest BCUT2D eigenvalue weighted by atomic mass is 9.68. The van der Waals surface area contributed by atoms with Crippen molar-refractivity contribution < 1.29 is 19.1 Å². The first-order valence-corrected chi connectivity index (χ1v) is 14.3. The van der Waals surface area contributed by atoms with Crippen molar-refractivity contribution in [2.75, 3.05) is 13.2 Å². The number of aromatic nitrogens is 1. The number of carbonyl (C=O) groups is 3. The van der Waals surface area contributed by atoms with Gasteiger partial charge in [0.05, 0.1) is 23.5 Å². The van der Waals surface area contributed by atoms with Crippen molar-refractivity contribution in [1.82, 2.24) is 9.88 Å². The van der Waals surface area contributed by atoms with Gasteiger partial charge in [0.1, 0.15) is 6.54 Å². The summed E-state index contributed by atoms with van der Waals surface area (Å²) >= 11 is 2.94. The number of esters is 1. The molecule has 3 heterocycles. The number of carbonyl (C=O) groups excluding carboxylic acids is 3. The van der Waals surface area contributed by atoms with Crippen molar-refractivity contribution in [3.05, 3.63) is 49.9 Å². The second-order valence-electron chi connectivity index (χ2n) is 11.4. The predicted molar refractivity (Wildman–Crippen MR) is 137 cm³/mol. The topological polar surface area (TPSA) is 96.5 Å². The fraction of sp³-hybridized carbons (Fsp3) is 0.556. The molecule has 1 aromatic heterocycles. The highest BCUT2D eigenvalue weighted by atomic mass is 32.2. The van der Waals surface area contributed by atoms with E-state index in [1.54, 1.807) is 18.7 Å². The standard InChI is InChI=1S/C27H30N2O5S2/c1-5-34-16(30)11-29-24(31)19-14-10-15(20(19)25(29)32)21-18(14)17(22-23(35-21)28-26(33)36-22)12-6-8-13(9-7-12)27(2,3)4/h6-9,14-15,17-21H,5,10-11H2,1-4H3,(H,28,33). The van der Waals surface area contributed by atoms with Crippen molar-refractivity contribution in [3.8, 4) is 0 Å². The van der Waals surface area contributed by atoms with Gasteiger partial charge in [0.15, 0.2) is 0 Å². The molecular weight excluding hydrogens is 496 g/mol. The molecule has 3 fully saturated rings. The predicted octanol–water partition coefficient (Wildman–Crippen LogP) is 3.77. The Kier molecular flexibility index (Phi) is 5.54. The van der Waals surface area contributed by atoms with Crippen LogP contribution in [0.25, 0.3) is 0 Å². The quantitative estimate of drug-likeness (QED) is 0.481. The zero-order valence-electron chi connectivity index (χ0n) is 20.8. The van der Waals surface area contributed by atoms with E-state index in [2.05, 4.69) is 50.0 Å². The van der Waals surface area contributed by atoms with Crippen molar-refractivity contribution >= 4 is 40.9 Å². The van der Waals surface area contributed by atoms with Crippen molar-refractivity contribution in [2.45, 2.75) is 55.7 Å². The molecule has 2 amide bonds. The highest BCUT2D eigenvalue weighted by molar-refractivity contribution is 8.00. The molecule has 7 nitrogen and oxygen atoms in total. The lowest BCUT2D eigenvalue weighted by Crippen LogP contribution is -2.42. The average Bonchev–Trinajstić information content (AvgIpc) is 3.54. The first-order valence-electron chi connectivity index (χ1n) is 12.6. The largest absolute Gasteiger partial charge is 0.465 e. The molecule has 36 heavy (non-hydrogen) atoms. The van der Waals surface area contributed by atoms with Gasteiger partial charge < -0.3 is 9.72 Å². The van der Waals surface area contributed by atoms with Gasteiger partial charge >= 0.3 is 10.8 Å². The summed E-state index contributed by atoms with van der Waals surface area (Å²) in [5.74, 6) is -1.56. The summed E-state index contributed by atoms with van der Waals surface area (Å²) in [6, 6.07) is 8.68. The molecule has 2 aliphatic heterocycles. The van der Waals surface area contributed by atoms with E-state index in [0.717, 1.165) is 26.8 Å². The van der Waals surface area contributed by atoms with Crippen LogP contribution in [0.2, 0.25) is 0 Å². The van der Waals surface area contributed by atoms with Gasteiger partial charge in [0, 0.05) is 16.0 Å². The highest BCUT2D eigenvalue weighted by Crippen LogP contribution is 2.68. The number of hydrogen-bond donors (Lipinski definition) is 1. The number of ether oxygens (including phenoxy) is 1. The Labute approximate surface area is 218 Å². The lowest BCUT2D eigenvalue weighted by Gasteiger charge is -2.43. The number of nitrogens with zero attached hydrogens (tertiary/aromatic N) is 1. The molecule has 190 valence electrons. The van der Waals surface area contributed by atoms with Crippen LogP contribution in [0.15, 0.2) is 34.1 Å². The zero-order chi connectivity index (χ0) is 25.5. The summed E-state index contributed by atoms with van der Waals surface area (Å²) in [4.78, 5) is 56.5. The average molecular weight is 527 g/mol. The van der Waals surface area contributed by atoms with Crippen molar-refractivity contribution in [1.29, 1.82) is 0 Å². The number of hydrogen-bond acceptors (Lipinski definition) is 7. The van der Waals surface area contributed by atoms with Gasteiger partial charge in [-0.1, -0.05) is 56.4 Å². The van der Waals surface area contributed by atoms with E-state index >= 15 is 0 Å². The van der Waals surface area contributed by atoms with Crippen LogP contribution in [-0.4, -0.2) is 46.1 Å². The van der Waals surface area contributed by atoms with Crippen LogP contribution in [0.4, 0.5) is 0 Å². The van der Waals surface area contributed by atoms with Gasteiger partial charge in [-0.3, -0.25) is 24.1 Å². The Morgan fingerprint density at radius 3 is 2.39 bits per heavy atom. The summed E-state index contributed by atoms with van der Waals surface area (Å²) in [5.41, 5.74) is 2.43. The third-order valence-electron chi connectivity index (χ3n) is 8.54. The van der Waals surface area contributed by atoms with Gasteiger partial charge in [-0.25, -0.2) is 0 Å². The third kappa shape index (κ3) is 3.45. The molecule has 1 saturated heterocycles. The Morgan fingerprint density at radius 1 is 1.08 bits per heavy atom.